The Morgan fingerprint density at radius 3 is 2.61 bits per heavy atom. The third-order valence-corrected chi connectivity index (χ3v) is 4.92. The SMILES string of the molecule is C[C@H]1COCCN1S(=O)(=O)c1ccc(C#N)cc1. The summed E-state index contributed by atoms with van der Waals surface area (Å²) in [6, 6.07) is 7.76. The van der Waals surface area contributed by atoms with Crippen LogP contribution in [0.1, 0.15) is 12.5 Å². The van der Waals surface area contributed by atoms with Gasteiger partial charge in [0.15, 0.2) is 0 Å². The first-order valence-corrected chi connectivity index (χ1v) is 7.09. The molecule has 0 amide bonds. The lowest BCUT2D eigenvalue weighted by atomic mass is 10.2. The van der Waals surface area contributed by atoms with Crippen LogP contribution in [-0.2, 0) is 14.8 Å². The van der Waals surface area contributed by atoms with Gasteiger partial charge in [0, 0.05) is 12.6 Å². The molecule has 1 aliphatic rings. The molecule has 0 radical (unpaired) electrons. The van der Waals surface area contributed by atoms with E-state index in [0.717, 1.165) is 0 Å². The molecule has 1 atom stereocenters. The Kier molecular flexibility index (Phi) is 3.66. The van der Waals surface area contributed by atoms with Crippen molar-refractivity contribution in [2.45, 2.75) is 17.9 Å². The van der Waals surface area contributed by atoms with Gasteiger partial charge in [-0.3, -0.25) is 0 Å². The fourth-order valence-electron chi connectivity index (χ4n) is 1.91. The number of hydrogen-bond acceptors (Lipinski definition) is 4. The Labute approximate surface area is 107 Å². The predicted molar refractivity (Wildman–Crippen MR) is 65.3 cm³/mol. The number of sulfonamides is 1. The second-order valence-corrected chi connectivity index (χ2v) is 6.07. The highest BCUT2D eigenvalue weighted by molar-refractivity contribution is 7.89. The van der Waals surface area contributed by atoms with Gasteiger partial charge in [0.05, 0.1) is 29.7 Å². The standard InChI is InChI=1S/C12H14N2O3S/c1-10-9-17-7-6-14(10)18(15,16)12-4-2-11(8-13)3-5-12/h2-5,10H,6-7,9H2,1H3/t10-/m0/s1. The number of nitrogens with zero attached hydrogens (tertiary/aromatic N) is 2. The van der Waals surface area contributed by atoms with Crippen LogP contribution in [0.2, 0.25) is 0 Å². The third-order valence-electron chi connectivity index (χ3n) is 2.90. The van der Waals surface area contributed by atoms with Gasteiger partial charge in [-0.2, -0.15) is 9.57 Å². The molecule has 1 aromatic carbocycles. The van der Waals surface area contributed by atoms with Crippen LogP contribution in [0, 0.1) is 11.3 Å². The summed E-state index contributed by atoms with van der Waals surface area (Å²) in [5.41, 5.74) is 0.448. The molecule has 96 valence electrons. The number of rotatable bonds is 2. The largest absolute Gasteiger partial charge is 0.378 e. The molecule has 5 nitrogen and oxygen atoms in total. The first-order chi connectivity index (χ1) is 8.55. The lowest BCUT2D eigenvalue weighted by molar-refractivity contribution is 0.0393. The van der Waals surface area contributed by atoms with E-state index in [4.69, 9.17) is 10.00 Å². The smallest absolute Gasteiger partial charge is 0.243 e. The lowest BCUT2D eigenvalue weighted by Crippen LogP contribution is -2.46. The van der Waals surface area contributed by atoms with E-state index in [1.54, 1.807) is 0 Å². The molecular formula is C12H14N2O3S. The minimum absolute atomic E-state index is 0.167. The molecule has 6 heteroatoms. The summed E-state index contributed by atoms with van der Waals surface area (Å²) >= 11 is 0. The van der Waals surface area contributed by atoms with E-state index in [1.807, 2.05) is 13.0 Å². The Morgan fingerprint density at radius 2 is 2.06 bits per heavy atom. The van der Waals surface area contributed by atoms with E-state index in [1.165, 1.54) is 28.6 Å². The normalized spacial score (nSPS) is 21.4. The molecule has 0 saturated carbocycles. The highest BCUT2D eigenvalue weighted by atomic mass is 32.2. The molecule has 0 bridgehead atoms. The summed E-state index contributed by atoms with van der Waals surface area (Å²) in [7, 11) is -3.49. The van der Waals surface area contributed by atoms with Crippen LogP contribution in [0.3, 0.4) is 0 Å². The van der Waals surface area contributed by atoms with E-state index < -0.39 is 10.0 Å². The van der Waals surface area contributed by atoms with Gasteiger partial charge in [-0.05, 0) is 31.2 Å². The van der Waals surface area contributed by atoms with Crippen LogP contribution in [-0.4, -0.2) is 38.5 Å². The van der Waals surface area contributed by atoms with Crippen molar-refractivity contribution in [2.24, 2.45) is 0 Å². The molecule has 1 saturated heterocycles. The maximum atomic E-state index is 12.4. The molecule has 0 spiro atoms. The molecule has 0 unspecified atom stereocenters. The second kappa shape index (κ2) is 5.06. The van der Waals surface area contributed by atoms with Crippen molar-refractivity contribution < 1.29 is 13.2 Å². The van der Waals surface area contributed by atoms with Crippen LogP contribution in [0.25, 0.3) is 0 Å². The van der Waals surface area contributed by atoms with E-state index in [2.05, 4.69) is 0 Å². The zero-order valence-electron chi connectivity index (χ0n) is 10.0. The van der Waals surface area contributed by atoms with Gasteiger partial charge in [-0.15, -0.1) is 0 Å². The lowest BCUT2D eigenvalue weighted by Gasteiger charge is -2.32. The van der Waals surface area contributed by atoms with Crippen molar-refractivity contribution in [1.82, 2.24) is 4.31 Å². The van der Waals surface area contributed by atoms with Gasteiger partial charge in [0.2, 0.25) is 10.0 Å². The van der Waals surface area contributed by atoms with Crippen LogP contribution in [0.5, 0.6) is 0 Å². The van der Waals surface area contributed by atoms with Crippen molar-refractivity contribution >= 4 is 10.0 Å². The Bertz CT molecular complexity index is 560. The minimum atomic E-state index is -3.49. The summed E-state index contributed by atoms with van der Waals surface area (Å²) < 4.78 is 31.4. The quantitative estimate of drug-likeness (QED) is 0.799. The Hall–Kier alpha value is -1.42. The maximum absolute atomic E-state index is 12.4. The van der Waals surface area contributed by atoms with Crippen LogP contribution >= 0.6 is 0 Å². The van der Waals surface area contributed by atoms with Crippen LogP contribution < -0.4 is 0 Å². The Morgan fingerprint density at radius 1 is 1.39 bits per heavy atom. The number of nitriles is 1. The highest BCUT2D eigenvalue weighted by Gasteiger charge is 2.31. The van der Waals surface area contributed by atoms with E-state index in [9.17, 15) is 8.42 Å². The predicted octanol–water partition coefficient (Wildman–Crippen LogP) is 0.968. The number of morpholine rings is 1. The van der Waals surface area contributed by atoms with Gasteiger partial charge >= 0.3 is 0 Å². The first kappa shape index (κ1) is 13.0. The summed E-state index contributed by atoms with van der Waals surface area (Å²) in [4.78, 5) is 0.218. The van der Waals surface area contributed by atoms with Crippen molar-refractivity contribution in [2.75, 3.05) is 19.8 Å². The van der Waals surface area contributed by atoms with Crippen molar-refractivity contribution in [3.63, 3.8) is 0 Å². The van der Waals surface area contributed by atoms with Gasteiger partial charge in [-0.1, -0.05) is 0 Å². The highest BCUT2D eigenvalue weighted by Crippen LogP contribution is 2.20. The molecule has 1 fully saturated rings. The maximum Gasteiger partial charge on any atom is 0.243 e. The molecule has 0 aromatic heterocycles. The fourth-order valence-corrected chi connectivity index (χ4v) is 3.51. The van der Waals surface area contributed by atoms with E-state index in [-0.39, 0.29) is 10.9 Å². The van der Waals surface area contributed by atoms with Crippen molar-refractivity contribution in [1.29, 1.82) is 5.26 Å². The van der Waals surface area contributed by atoms with Crippen LogP contribution in [0.4, 0.5) is 0 Å². The monoisotopic (exact) mass is 266 g/mol. The molecule has 2 rings (SSSR count). The summed E-state index contributed by atoms with van der Waals surface area (Å²) in [5, 5.41) is 8.70. The number of ether oxygens (including phenoxy) is 1. The molecule has 18 heavy (non-hydrogen) atoms. The van der Waals surface area contributed by atoms with E-state index >= 15 is 0 Å². The first-order valence-electron chi connectivity index (χ1n) is 5.65. The fraction of sp³-hybridized carbons (Fsp3) is 0.417. The third kappa shape index (κ3) is 2.38. The molecule has 1 aliphatic heterocycles. The van der Waals surface area contributed by atoms with Gasteiger partial charge in [0.1, 0.15) is 0 Å². The second-order valence-electron chi connectivity index (χ2n) is 4.18. The Balaban J connectivity index is 2.32. The number of benzene rings is 1. The van der Waals surface area contributed by atoms with Crippen molar-refractivity contribution in [3.05, 3.63) is 29.8 Å². The average molecular weight is 266 g/mol. The summed E-state index contributed by atoms with van der Waals surface area (Å²) in [6.45, 7) is 3.01. The molecule has 1 heterocycles. The molecule has 0 aliphatic carbocycles. The van der Waals surface area contributed by atoms with Gasteiger partial charge in [0.25, 0.3) is 0 Å². The molecule has 1 aromatic rings. The van der Waals surface area contributed by atoms with Gasteiger partial charge < -0.3 is 4.74 Å². The average Bonchev–Trinajstić information content (AvgIpc) is 2.39. The zero-order valence-corrected chi connectivity index (χ0v) is 10.9. The number of hydrogen-bond donors (Lipinski definition) is 0. The molecular weight excluding hydrogens is 252 g/mol. The summed E-state index contributed by atoms with van der Waals surface area (Å²) in [5.74, 6) is 0. The van der Waals surface area contributed by atoms with Crippen molar-refractivity contribution in [3.8, 4) is 6.07 Å². The summed E-state index contributed by atoms with van der Waals surface area (Å²) in [6.07, 6.45) is 0. The zero-order chi connectivity index (χ0) is 13.2. The van der Waals surface area contributed by atoms with E-state index in [0.29, 0.717) is 25.3 Å². The topological polar surface area (TPSA) is 70.4 Å². The van der Waals surface area contributed by atoms with Gasteiger partial charge in [-0.25, -0.2) is 8.42 Å². The minimum Gasteiger partial charge on any atom is -0.378 e. The molecule has 0 N–H and O–H groups in total. The van der Waals surface area contributed by atoms with Crippen LogP contribution in [0.15, 0.2) is 29.2 Å².